The van der Waals surface area contributed by atoms with Gasteiger partial charge in [-0.3, -0.25) is 4.98 Å². The Kier molecular flexibility index (Phi) is 2.42. The minimum absolute atomic E-state index is 0.827. The predicted octanol–water partition coefficient (Wildman–Crippen LogP) is 2.95. The number of aromatic nitrogens is 1. The Hall–Kier alpha value is -1.83. The van der Waals surface area contributed by atoms with Gasteiger partial charge in [0.25, 0.3) is 0 Å². The summed E-state index contributed by atoms with van der Waals surface area (Å²) in [6.45, 7) is 4.01. The zero-order valence-corrected chi connectivity index (χ0v) is 8.99. The SMILES string of the molecule is Cc1ccc(-c2cccc(N)c2C)cn1. The van der Waals surface area contributed by atoms with Crippen molar-refractivity contribution in [3.8, 4) is 11.1 Å². The van der Waals surface area contributed by atoms with Crippen LogP contribution in [-0.4, -0.2) is 4.98 Å². The molecule has 0 spiro atoms. The van der Waals surface area contributed by atoms with E-state index < -0.39 is 0 Å². The molecule has 0 amide bonds. The van der Waals surface area contributed by atoms with Gasteiger partial charge in [0.2, 0.25) is 0 Å². The minimum Gasteiger partial charge on any atom is -0.398 e. The lowest BCUT2D eigenvalue weighted by Crippen LogP contribution is -1.92. The Balaban J connectivity index is 2.54. The number of nitrogen functional groups attached to an aromatic ring is 1. The average Bonchev–Trinajstić information content (AvgIpc) is 2.24. The van der Waals surface area contributed by atoms with Crippen molar-refractivity contribution in [3.05, 3.63) is 47.8 Å². The molecule has 2 aromatic rings. The molecule has 0 fully saturated rings. The summed E-state index contributed by atoms with van der Waals surface area (Å²) in [5.41, 5.74) is 11.1. The molecule has 0 aliphatic carbocycles. The van der Waals surface area contributed by atoms with Crippen molar-refractivity contribution >= 4 is 5.69 Å². The third kappa shape index (κ3) is 1.84. The van der Waals surface area contributed by atoms with Gasteiger partial charge in [0.1, 0.15) is 0 Å². The number of nitrogens with zero attached hydrogens (tertiary/aromatic N) is 1. The summed E-state index contributed by atoms with van der Waals surface area (Å²) in [7, 11) is 0. The summed E-state index contributed by atoms with van der Waals surface area (Å²) >= 11 is 0. The predicted molar refractivity (Wildman–Crippen MR) is 63.6 cm³/mol. The molecule has 1 heterocycles. The number of hydrogen-bond donors (Lipinski definition) is 1. The van der Waals surface area contributed by atoms with Crippen LogP contribution in [0, 0.1) is 13.8 Å². The lowest BCUT2D eigenvalue weighted by molar-refractivity contribution is 1.20. The van der Waals surface area contributed by atoms with Crippen molar-refractivity contribution in [2.75, 3.05) is 5.73 Å². The van der Waals surface area contributed by atoms with E-state index in [1.54, 1.807) is 0 Å². The van der Waals surface area contributed by atoms with Crippen LogP contribution < -0.4 is 5.73 Å². The fourth-order valence-electron chi connectivity index (χ4n) is 1.59. The first kappa shape index (κ1) is 9.71. The third-order valence-corrected chi connectivity index (χ3v) is 2.60. The summed E-state index contributed by atoms with van der Waals surface area (Å²) in [5, 5.41) is 0. The maximum absolute atomic E-state index is 5.87. The molecule has 2 heteroatoms. The van der Waals surface area contributed by atoms with Crippen molar-refractivity contribution < 1.29 is 0 Å². The maximum Gasteiger partial charge on any atom is 0.0373 e. The molecule has 1 aromatic carbocycles. The van der Waals surface area contributed by atoms with E-state index in [-0.39, 0.29) is 0 Å². The summed E-state index contributed by atoms with van der Waals surface area (Å²) < 4.78 is 0. The Morgan fingerprint density at radius 3 is 2.53 bits per heavy atom. The number of anilines is 1. The van der Waals surface area contributed by atoms with Crippen molar-refractivity contribution in [2.24, 2.45) is 0 Å². The second-order valence-electron chi connectivity index (χ2n) is 3.71. The molecule has 0 radical (unpaired) electrons. The summed E-state index contributed by atoms with van der Waals surface area (Å²) in [5.74, 6) is 0. The van der Waals surface area contributed by atoms with Gasteiger partial charge in [-0.25, -0.2) is 0 Å². The van der Waals surface area contributed by atoms with Gasteiger partial charge in [0.05, 0.1) is 0 Å². The van der Waals surface area contributed by atoms with E-state index in [0.29, 0.717) is 0 Å². The molecule has 2 rings (SSSR count). The van der Waals surface area contributed by atoms with Crippen LogP contribution in [0.5, 0.6) is 0 Å². The fourth-order valence-corrected chi connectivity index (χ4v) is 1.59. The molecule has 0 saturated carbocycles. The van der Waals surface area contributed by atoms with E-state index in [0.717, 1.165) is 28.1 Å². The van der Waals surface area contributed by atoms with Crippen molar-refractivity contribution in [2.45, 2.75) is 13.8 Å². The van der Waals surface area contributed by atoms with E-state index in [9.17, 15) is 0 Å². The zero-order valence-electron chi connectivity index (χ0n) is 8.99. The fraction of sp³-hybridized carbons (Fsp3) is 0.154. The number of aryl methyl sites for hydroxylation is 1. The van der Waals surface area contributed by atoms with Crippen LogP contribution in [0.1, 0.15) is 11.3 Å². The largest absolute Gasteiger partial charge is 0.398 e. The van der Waals surface area contributed by atoms with Gasteiger partial charge < -0.3 is 5.73 Å². The molecule has 0 atom stereocenters. The zero-order chi connectivity index (χ0) is 10.8. The van der Waals surface area contributed by atoms with E-state index in [1.165, 1.54) is 0 Å². The summed E-state index contributed by atoms with van der Waals surface area (Å²) in [4.78, 5) is 4.29. The highest BCUT2D eigenvalue weighted by Crippen LogP contribution is 2.26. The first-order valence-corrected chi connectivity index (χ1v) is 4.96. The lowest BCUT2D eigenvalue weighted by atomic mass is 10.0. The second-order valence-corrected chi connectivity index (χ2v) is 3.71. The van der Waals surface area contributed by atoms with Gasteiger partial charge in [0.15, 0.2) is 0 Å². The first-order valence-electron chi connectivity index (χ1n) is 4.96. The first-order chi connectivity index (χ1) is 7.18. The Bertz CT molecular complexity index is 472. The number of nitrogens with two attached hydrogens (primary N) is 1. The molecule has 2 N–H and O–H groups in total. The van der Waals surface area contributed by atoms with Crippen molar-refractivity contribution in [3.63, 3.8) is 0 Å². The van der Waals surface area contributed by atoms with Crippen LogP contribution in [0.25, 0.3) is 11.1 Å². The van der Waals surface area contributed by atoms with E-state index >= 15 is 0 Å². The number of rotatable bonds is 1. The molecule has 0 aliphatic rings. The molecule has 2 nitrogen and oxygen atoms in total. The molecular formula is C13H14N2. The highest BCUT2D eigenvalue weighted by molar-refractivity contribution is 5.72. The molecule has 1 aromatic heterocycles. The quantitative estimate of drug-likeness (QED) is 0.715. The highest BCUT2D eigenvalue weighted by Gasteiger charge is 2.03. The van der Waals surface area contributed by atoms with Crippen LogP contribution in [0.3, 0.4) is 0 Å². The van der Waals surface area contributed by atoms with Gasteiger partial charge in [-0.1, -0.05) is 18.2 Å². The molecule has 0 bridgehead atoms. The van der Waals surface area contributed by atoms with Crippen LogP contribution >= 0.6 is 0 Å². The number of benzene rings is 1. The smallest absolute Gasteiger partial charge is 0.0373 e. The highest BCUT2D eigenvalue weighted by atomic mass is 14.7. The van der Waals surface area contributed by atoms with E-state index in [2.05, 4.69) is 17.1 Å². The van der Waals surface area contributed by atoms with Gasteiger partial charge in [0, 0.05) is 23.1 Å². The lowest BCUT2D eigenvalue weighted by Gasteiger charge is -2.08. The Morgan fingerprint density at radius 2 is 1.87 bits per heavy atom. The Labute approximate surface area is 89.8 Å². The normalized spacial score (nSPS) is 10.3. The van der Waals surface area contributed by atoms with Gasteiger partial charge in [-0.2, -0.15) is 0 Å². The number of hydrogen-bond acceptors (Lipinski definition) is 2. The van der Waals surface area contributed by atoms with E-state index in [1.807, 2.05) is 38.2 Å². The molecule has 0 saturated heterocycles. The Morgan fingerprint density at radius 1 is 1.07 bits per heavy atom. The molecular weight excluding hydrogens is 184 g/mol. The second kappa shape index (κ2) is 3.73. The van der Waals surface area contributed by atoms with Gasteiger partial charge in [-0.05, 0) is 37.1 Å². The van der Waals surface area contributed by atoms with Crippen LogP contribution in [0.4, 0.5) is 5.69 Å². The number of pyridine rings is 1. The standard InChI is InChI=1S/C13H14N2/c1-9-6-7-11(8-15-9)12-4-3-5-13(14)10(12)2/h3-8H,14H2,1-2H3. The molecule has 0 unspecified atom stereocenters. The van der Waals surface area contributed by atoms with Crippen molar-refractivity contribution in [1.82, 2.24) is 4.98 Å². The third-order valence-electron chi connectivity index (χ3n) is 2.60. The van der Waals surface area contributed by atoms with Crippen LogP contribution in [0.2, 0.25) is 0 Å². The minimum atomic E-state index is 0.827. The maximum atomic E-state index is 5.87. The topological polar surface area (TPSA) is 38.9 Å². The summed E-state index contributed by atoms with van der Waals surface area (Å²) in [6, 6.07) is 10.0. The van der Waals surface area contributed by atoms with Gasteiger partial charge >= 0.3 is 0 Å². The monoisotopic (exact) mass is 198 g/mol. The molecule has 15 heavy (non-hydrogen) atoms. The van der Waals surface area contributed by atoms with Crippen molar-refractivity contribution in [1.29, 1.82) is 0 Å². The average molecular weight is 198 g/mol. The molecule has 0 aliphatic heterocycles. The summed E-state index contributed by atoms with van der Waals surface area (Å²) in [6.07, 6.45) is 1.89. The van der Waals surface area contributed by atoms with Gasteiger partial charge in [-0.15, -0.1) is 0 Å². The molecule has 76 valence electrons. The van der Waals surface area contributed by atoms with E-state index in [4.69, 9.17) is 5.73 Å². The van der Waals surface area contributed by atoms with Crippen LogP contribution in [0.15, 0.2) is 36.5 Å². The van der Waals surface area contributed by atoms with Crippen LogP contribution in [-0.2, 0) is 0 Å².